The molecule has 0 radical (unpaired) electrons. The number of ether oxygens (including phenoxy) is 1. The average Bonchev–Trinajstić information content (AvgIpc) is 3.06. The molecule has 1 aromatic rings. The summed E-state index contributed by atoms with van der Waals surface area (Å²) in [6.45, 7) is 3.49. The molecular weight excluding hydrogens is 244 g/mol. The van der Waals surface area contributed by atoms with Crippen LogP contribution in [-0.2, 0) is 9.59 Å². The van der Waals surface area contributed by atoms with Gasteiger partial charge in [0.2, 0.25) is 11.8 Å². The number of carbonyl (C=O) groups is 2. The number of methoxy groups -OCH3 is 1. The predicted octanol–water partition coefficient (Wildman–Crippen LogP) is 2.25. The highest BCUT2D eigenvalue weighted by atomic mass is 16.5. The Bertz CT molecular complexity index is 513. The van der Waals surface area contributed by atoms with Crippen molar-refractivity contribution in [3.63, 3.8) is 0 Å². The molecule has 19 heavy (non-hydrogen) atoms. The standard InChI is InChI=1S/C14H18N2O3/c1-8-6-11(8)14(18)16-12-7-10(15-9(2)17)4-5-13(12)19-3/h4-5,7-8,11H,6H2,1-3H3,(H,15,17)(H,16,18). The Hall–Kier alpha value is -2.04. The monoisotopic (exact) mass is 262 g/mol. The summed E-state index contributed by atoms with van der Waals surface area (Å²) < 4.78 is 5.21. The van der Waals surface area contributed by atoms with Gasteiger partial charge in [-0.15, -0.1) is 0 Å². The topological polar surface area (TPSA) is 67.4 Å². The van der Waals surface area contributed by atoms with Crippen LogP contribution in [0.5, 0.6) is 5.75 Å². The minimum Gasteiger partial charge on any atom is -0.495 e. The van der Waals surface area contributed by atoms with Crippen LogP contribution in [0.1, 0.15) is 20.3 Å². The van der Waals surface area contributed by atoms with Gasteiger partial charge in [-0.2, -0.15) is 0 Å². The lowest BCUT2D eigenvalue weighted by molar-refractivity contribution is -0.117. The van der Waals surface area contributed by atoms with Gasteiger partial charge in [-0.3, -0.25) is 9.59 Å². The minimum absolute atomic E-state index is 0.00535. The predicted molar refractivity (Wildman–Crippen MR) is 73.2 cm³/mol. The molecular formula is C14H18N2O3. The van der Waals surface area contributed by atoms with Crippen LogP contribution in [0.15, 0.2) is 18.2 Å². The van der Waals surface area contributed by atoms with Gasteiger partial charge < -0.3 is 15.4 Å². The molecule has 0 aromatic heterocycles. The van der Waals surface area contributed by atoms with E-state index in [1.165, 1.54) is 6.92 Å². The van der Waals surface area contributed by atoms with E-state index in [-0.39, 0.29) is 17.7 Å². The van der Waals surface area contributed by atoms with Crippen LogP contribution in [0.25, 0.3) is 0 Å². The zero-order valence-corrected chi connectivity index (χ0v) is 11.3. The molecule has 5 heteroatoms. The zero-order valence-electron chi connectivity index (χ0n) is 11.3. The van der Waals surface area contributed by atoms with E-state index in [1.807, 2.05) is 0 Å². The molecule has 0 heterocycles. The quantitative estimate of drug-likeness (QED) is 0.874. The van der Waals surface area contributed by atoms with Crippen molar-refractivity contribution in [3.05, 3.63) is 18.2 Å². The van der Waals surface area contributed by atoms with E-state index >= 15 is 0 Å². The van der Waals surface area contributed by atoms with Crippen molar-refractivity contribution in [2.24, 2.45) is 11.8 Å². The van der Waals surface area contributed by atoms with Gasteiger partial charge in [0, 0.05) is 18.5 Å². The summed E-state index contributed by atoms with van der Waals surface area (Å²) in [5.74, 6) is 0.971. The second kappa shape index (κ2) is 5.30. The number of anilines is 2. The molecule has 2 atom stereocenters. The fraction of sp³-hybridized carbons (Fsp3) is 0.429. The number of carbonyl (C=O) groups excluding carboxylic acids is 2. The summed E-state index contributed by atoms with van der Waals surface area (Å²) in [6, 6.07) is 5.15. The number of benzene rings is 1. The number of hydrogen-bond donors (Lipinski definition) is 2. The normalized spacial score (nSPS) is 20.6. The highest BCUT2D eigenvalue weighted by Gasteiger charge is 2.39. The Labute approximate surface area is 112 Å². The minimum atomic E-state index is -0.154. The van der Waals surface area contributed by atoms with Crippen LogP contribution in [0.3, 0.4) is 0 Å². The zero-order chi connectivity index (χ0) is 14.0. The van der Waals surface area contributed by atoms with Crippen molar-refractivity contribution >= 4 is 23.2 Å². The molecule has 0 aliphatic heterocycles. The van der Waals surface area contributed by atoms with E-state index in [0.717, 1.165) is 6.42 Å². The molecule has 0 saturated heterocycles. The molecule has 1 fully saturated rings. The fourth-order valence-electron chi connectivity index (χ4n) is 2.00. The molecule has 102 valence electrons. The van der Waals surface area contributed by atoms with Gasteiger partial charge in [0.25, 0.3) is 0 Å². The summed E-state index contributed by atoms with van der Waals surface area (Å²) in [5.41, 5.74) is 1.21. The largest absolute Gasteiger partial charge is 0.495 e. The van der Waals surface area contributed by atoms with Crippen molar-refractivity contribution < 1.29 is 14.3 Å². The van der Waals surface area contributed by atoms with Gasteiger partial charge in [0.15, 0.2) is 0 Å². The lowest BCUT2D eigenvalue weighted by atomic mass is 10.2. The van der Waals surface area contributed by atoms with Gasteiger partial charge in [-0.1, -0.05) is 6.92 Å². The Morgan fingerprint density at radius 1 is 1.32 bits per heavy atom. The molecule has 2 amide bonds. The van der Waals surface area contributed by atoms with Crippen molar-refractivity contribution in [2.75, 3.05) is 17.7 Å². The highest BCUT2D eigenvalue weighted by Crippen LogP contribution is 2.39. The molecule has 0 spiro atoms. The molecule has 0 bridgehead atoms. The molecule has 1 aromatic carbocycles. The maximum atomic E-state index is 11.9. The summed E-state index contributed by atoms with van der Waals surface area (Å²) in [7, 11) is 1.54. The number of nitrogens with one attached hydrogen (secondary N) is 2. The molecule has 1 aliphatic carbocycles. The molecule has 5 nitrogen and oxygen atoms in total. The first kappa shape index (κ1) is 13.4. The average molecular weight is 262 g/mol. The van der Waals surface area contributed by atoms with E-state index in [0.29, 0.717) is 23.0 Å². The maximum Gasteiger partial charge on any atom is 0.227 e. The van der Waals surface area contributed by atoms with E-state index in [4.69, 9.17) is 4.74 Å². The van der Waals surface area contributed by atoms with Crippen LogP contribution < -0.4 is 15.4 Å². The maximum absolute atomic E-state index is 11.9. The SMILES string of the molecule is COc1ccc(NC(C)=O)cc1NC(=O)C1CC1C. The van der Waals surface area contributed by atoms with Crippen LogP contribution in [0.4, 0.5) is 11.4 Å². The van der Waals surface area contributed by atoms with Gasteiger partial charge in [-0.05, 0) is 30.5 Å². The van der Waals surface area contributed by atoms with Gasteiger partial charge in [0.05, 0.1) is 12.8 Å². The van der Waals surface area contributed by atoms with Crippen LogP contribution in [0.2, 0.25) is 0 Å². The van der Waals surface area contributed by atoms with E-state index in [1.54, 1.807) is 25.3 Å². The third-order valence-corrected chi connectivity index (χ3v) is 3.22. The number of hydrogen-bond acceptors (Lipinski definition) is 3. The smallest absolute Gasteiger partial charge is 0.227 e. The second-order valence-corrected chi connectivity index (χ2v) is 4.90. The van der Waals surface area contributed by atoms with E-state index in [2.05, 4.69) is 17.6 Å². The first-order valence-electron chi connectivity index (χ1n) is 6.27. The Balaban J connectivity index is 2.16. The van der Waals surface area contributed by atoms with Gasteiger partial charge in [-0.25, -0.2) is 0 Å². The first-order valence-corrected chi connectivity index (χ1v) is 6.27. The first-order chi connectivity index (χ1) is 9.01. The lowest BCUT2D eigenvalue weighted by Crippen LogP contribution is -2.15. The Kier molecular flexibility index (Phi) is 3.74. The summed E-state index contributed by atoms with van der Waals surface area (Å²) >= 11 is 0. The molecule has 2 rings (SSSR count). The molecule has 1 saturated carbocycles. The Morgan fingerprint density at radius 3 is 2.53 bits per heavy atom. The molecule has 2 N–H and O–H groups in total. The fourth-order valence-corrected chi connectivity index (χ4v) is 2.00. The Morgan fingerprint density at radius 2 is 2.00 bits per heavy atom. The molecule has 2 unspecified atom stereocenters. The summed E-state index contributed by atoms with van der Waals surface area (Å²) in [6.07, 6.45) is 0.930. The van der Waals surface area contributed by atoms with Crippen molar-refractivity contribution in [2.45, 2.75) is 20.3 Å². The van der Waals surface area contributed by atoms with Crippen molar-refractivity contribution in [1.82, 2.24) is 0 Å². The molecule has 1 aliphatic rings. The van der Waals surface area contributed by atoms with E-state index < -0.39 is 0 Å². The van der Waals surface area contributed by atoms with Crippen molar-refractivity contribution in [3.8, 4) is 5.75 Å². The summed E-state index contributed by atoms with van der Waals surface area (Å²) in [5, 5.41) is 5.53. The van der Waals surface area contributed by atoms with Gasteiger partial charge in [0.1, 0.15) is 5.75 Å². The van der Waals surface area contributed by atoms with E-state index in [9.17, 15) is 9.59 Å². The highest BCUT2D eigenvalue weighted by molar-refractivity contribution is 5.97. The third-order valence-electron chi connectivity index (χ3n) is 3.22. The van der Waals surface area contributed by atoms with Crippen molar-refractivity contribution in [1.29, 1.82) is 0 Å². The van der Waals surface area contributed by atoms with Gasteiger partial charge >= 0.3 is 0 Å². The van der Waals surface area contributed by atoms with Crippen LogP contribution in [0, 0.1) is 11.8 Å². The van der Waals surface area contributed by atoms with Crippen LogP contribution in [-0.4, -0.2) is 18.9 Å². The second-order valence-electron chi connectivity index (χ2n) is 4.90. The number of rotatable bonds is 4. The summed E-state index contributed by atoms with van der Waals surface area (Å²) in [4.78, 5) is 23.0. The van der Waals surface area contributed by atoms with Crippen LogP contribution >= 0.6 is 0 Å². The number of amides is 2. The lowest BCUT2D eigenvalue weighted by Gasteiger charge is -2.12. The third kappa shape index (κ3) is 3.24.